The van der Waals surface area contributed by atoms with Gasteiger partial charge in [-0.05, 0) is 43.5 Å². The summed E-state index contributed by atoms with van der Waals surface area (Å²) in [4.78, 5) is 50.4. The molecule has 0 spiro atoms. The van der Waals surface area contributed by atoms with Gasteiger partial charge < -0.3 is 26.4 Å². The molecule has 0 bridgehead atoms. The van der Waals surface area contributed by atoms with Crippen LogP contribution in [0.3, 0.4) is 0 Å². The first-order valence-corrected chi connectivity index (χ1v) is 13.5. The molecule has 0 aliphatic heterocycles. The van der Waals surface area contributed by atoms with Crippen molar-refractivity contribution >= 4 is 29.6 Å². The second-order valence-corrected chi connectivity index (χ2v) is 10.4. The Kier molecular flexibility index (Phi) is 17.4. The maximum Gasteiger partial charge on any atom is 1.00 e. The van der Waals surface area contributed by atoms with Crippen LogP contribution in [0.1, 0.15) is 51.3 Å². The minimum Gasteiger partial charge on any atom is -1.00 e. The van der Waals surface area contributed by atoms with Gasteiger partial charge in [0.2, 0.25) is 5.91 Å². The standard InChI is InChI=1S/C18H26N2O4.C12H19N2O2.Li.H/c1-3-12-20(13-4-2)18(24)15(10-11-16(21)22)19-17(23)14-8-6-5-7-9-14;1-13(2)12(15)16-11-8-6-7-10(9-11)14(3,4)5;;/h5-9,15H,3-4,10-13H2,1-2H3,(H,19,23)(H,21,22);6-9H,1-5H3;;/q;2*+1;-1. The number of quaternary nitrogens is 1. The summed E-state index contributed by atoms with van der Waals surface area (Å²) < 4.78 is 5.88. The molecule has 0 saturated heterocycles. The second-order valence-electron chi connectivity index (χ2n) is 10.4. The van der Waals surface area contributed by atoms with Crippen molar-refractivity contribution in [3.05, 3.63) is 60.2 Å². The first-order valence-electron chi connectivity index (χ1n) is 13.5. The fraction of sp³-hybridized carbons (Fsp3) is 0.467. The quantitative estimate of drug-likeness (QED) is 0.297. The number of carboxylic acids is 1. The molecule has 0 aliphatic carbocycles. The normalized spacial score (nSPS) is 11.1. The van der Waals surface area contributed by atoms with E-state index in [1.165, 1.54) is 4.90 Å². The van der Waals surface area contributed by atoms with Crippen LogP contribution in [-0.2, 0) is 9.59 Å². The Labute approximate surface area is 257 Å². The van der Waals surface area contributed by atoms with E-state index in [-0.39, 0.29) is 51.0 Å². The maximum atomic E-state index is 12.7. The molecule has 1 atom stereocenters. The largest absolute Gasteiger partial charge is 1.00 e. The second kappa shape index (κ2) is 18.9. The summed E-state index contributed by atoms with van der Waals surface area (Å²) in [5.41, 5.74) is 1.53. The number of carbonyl (C=O) groups excluding carboxylic acids is 3. The van der Waals surface area contributed by atoms with Gasteiger partial charge in [-0.1, -0.05) is 38.1 Å². The molecule has 222 valence electrons. The first-order chi connectivity index (χ1) is 18.8. The molecule has 0 saturated carbocycles. The van der Waals surface area contributed by atoms with E-state index in [1.54, 1.807) is 55.4 Å². The number of amides is 3. The van der Waals surface area contributed by atoms with Crippen molar-refractivity contribution < 1.29 is 49.3 Å². The van der Waals surface area contributed by atoms with E-state index >= 15 is 0 Å². The third-order valence-corrected chi connectivity index (χ3v) is 5.75. The van der Waals surface area contributed by atoms with E-state index in [4.69, 9.17) is 9.84 Å². The van der Waals surface area contributed by atoms with Crippen LogP contribution in [0.2, 0.25) is 0 Å². The van der Waals surface area contributed by atoms with Gasteiger partial charge in [-0.15, -0.1) is 0 Å². The molecule has 41 heavy (non-hydrogen) atoms. The molecular formula is C30H46LiN4O6+. The van der Waals surface area contributed by atoms with Crippen LogP contribution in [0, 0.1) is 0 Å². The number of benzene rings is 2. The fourth-order valence-electron chi connectivity index (χ4n) is 3.61. The summed E-state index contributed by atoms with van der Waals surface area (Å²) in [6, 6.07) is 15.3. The van der Waals surface area contributed by atoms with Crippen LogP contribution >= 0.6 is 0 Å². The number of rotatable bonds is 12. The number of ether oxygens (including phenoxy) is 1. The summed E-state index contributed by atoms with van der Waals surface area (Å²) >= 11 is 0. The van der Waals surface area contributed by atoms with Crippen molar-refractivity contribution in [3.63, 3.8) is 0 Å². The Morgan fingerprint density at radius 3 is 2.02 bits per heavy atom. The summed E-state index contributed by atoms with van der Waals surface area (Å²) in [5, 5.41) is 11.6. The molecule has 0 aliphatic rings. The van der Waals surface area contributed by atoms with E-state index in [1.807, 2.05) is 32.0 Å². The van der Waals surface area contributed by atoms with E-state index in [2.05, 4.69) is 26.5 Å². The van der Waals surface area contributed by atoms with Gasteiger partial charge in [0.05, 0.1) is 21.1 Å². The summed E-state index contributed by atoms with van der Waals surface area (Å²) in [6.45, 7) is 5.14. The zero-order chi connectivity index (χ0) is 30.3. The van der Waals surface area contributed by atoms with E-state index in [0.29, 0.717) is 28.9 Å². The van der Waals surface area contributed by atoms with Crippen molar-refractivity contribution in [2.45, 2.75) is 45.6 Å². The van der Waals surface area contributed by atoms with Gasteiger partial charge in [0.15, 0.2) is 0 Å². The molecule has 1 unspecified atom stereocenters. The monoisotopic (exact) mass is 565 g/mol. The summed E-state index contributed by atoms with van der Waals surface area (Å²) in [6.07, 6.45) is 1.17. The molecule has 0 fully saturated rings. The maximum absolute atomic E-state index is 12.7. The van der Waals surface area contributed by atoms with Crippen molar-refractivity contribution in [2.75, 3.05) is 48.3 Å². The van der Waals surface area contributed by atoms with E-state index < -0.39 is 12.0 Å². The van der Waals surface area contributed by atoms with Crippen LogP contribution in [-0.4, -0.2) is 93.2 Å². The van der Waals surface area contributed by atoms with Gasteiger partial charge in [0, 0.05) is 45.2 Å². The number of nitrogens with zero attached hydrogens (tertiary/aromatic N) is 3. The SMILES string of the molecule is CCCN(CCC)C(=O)C(CCC(=O)O)NC(=O)c1ccccc1.CN(C)C(=O)Oc1cccc([N+](C)(C)C)c1.[H-].[Li+]. The number of hydrogen-bond donors (Lipinski definition) is 2. The van der Waals surface area contributed by atoms with Gasteiger partial charge >= 0.3 is 30.9 Å². The molecule has 0 aromatic heterocycles. The smallest absolute Gasteiger partial charge is 1.00 e. The van der Waals surface area contributed by atoms with Gasteiger partial charge in [0.25, 0.3) is 5.91 Å². The van der Waals surface area contributed by atoms with Gasteiger partial charge in [-0.3, -0.25) is 18.9 Å². The average molecular weight is 566 g/mol. The topological polar surface area (TPSA) is 116 Å². The zero-order valence-corrected chi connectivity index (χ0v) is 25.8. The van der Waals surface area contributed by atoms with Crippen molar-refractivity contribution in [1.82, 2.24) is 19.6 Å². The minimum absolute atomic E-state index is 0. The third-order valence-electron chi connectivity index (χ3n) is 5.75. The Morgan fingerprint density at radius 1 is 0.951 bits per heavy atom. The number of carboxylic acid groups (broad SMARTS) is 1. The number of aliphatic carboxylic acids is 1. The number of carbonyl (C=O) groups is 4. The van der Waals surface area contributed by atoms with E-state index in [0.717, 1.165) is 18.5 Å². The molecule has 2 aromatic carbocycles. The first kappa shape index (κ1) is 37.7. The van der Waals surface area contributed by atoms with Crippen LogP contribution < -0.4 is 33.4 Å². The molecule has 2 rings (SSSR count). The Morgan fingerprint density at radius 2 is 1.54 bits per heavy atom. The Bertz CT molecular complexity index is 1110. The van der Waals surface area contributed by atoms with Crippen LogP contribution in [0.15, 0.2) is 54.6 Å². The van der Waals surface area contributed by atoms with Crippen LogP contribution in [0.5, 0.6) is 5.75 Å². The van der Waals surface area contributed by atoms with Crippen LogP contribution in [0.25, 0.3) is 0 Å². The fourth-order valence-corrected chi connectivity index (χ4v) is 3.61. The average Bonchev–Trinajstić information content (AvgIpc) is 2.90. The Balaban J connectivity index is 0. The third kappa shape index (κ3) is 14.2. The van der Waals surface area contributed by atoms with Gasteiger partial charge in [0.1, 0.15) is 17.5 Å². The summed E-state index contributed by atoms with van der Waals surface area (Å²) in [7, 11) is 9.50. The molecule has 2 N–H and O–H groups in total. The summed E-state index contributed by atoms with van der Waals surface area (Å²) in [5.74, 6) is -1.000. The predicted molar refractivity (Wildman–Crippen MR) is 159 cm³/mol. The minimum atomic E-state index is -0.987. The van der Waals surface area contributed by atoms with Crippen LogP contribution in [0.4, 0.5) is 10.5 Å². The number of nitrogens with one attached hydrogen (secondary N) is 1. The number of hydrogen-bond acceptors (Lipinski definition) is 5. The van der Waals surface area contributed by atoms with Gasteiger partial charge in [-0.2, -0.15) is 0 Å². The predicted octanol–water partition coefficient (Wildman–Crippen LogP) is 1.36. The molecule has 2 aromatic rings. The molecule has 0 radical (unpaired) electrons. The van der Waals surface area contributed by atoms with Crippen molar-refractivity contribution in [1.29, 1.82) is 0 Å². The van der Waals surface area contributed by atoms with Gasteiger partial charge in [-0.25, -0.2) is 4.79 Å². The molecule has 10 nitrogen and oxygen atoms in total. The molecular weight excluding hydrogens is 519 g/mol. The Hall–Kier alpha value is -3.32. The van der Waals surface area contributed by atoms with E-state index in [9.17, 15) is 19.2 Å². The molecule has 11 heteroatoms. The van der Waals surface area contributed by atoms with Crippen molar-refractivity contribution in [2.24, 2.45) is 0 Å². The molecule has 0 heterocycles. The van der Waals surface area contributed by atoms with Crippen molar-refractivity contribution in [3.8, 4) is 5.75 Å². The zero-order valence-electron chi connectivity index (χ0n) is 26.8. The molecule has 3 amide bonds.